The Bertz CT molecular complexity index is 324. The fourth-order valence-corrected chi connectivity index (χ4v) is 0. The second kappa shape index (κ2) is 125. The van der Waals surface area contributed by atoms with Gasteiger partial charge in [-0.3, -0.25) is 4.79 Å². The molecule has 190 valence electrons. The van der Waals surface area contributed by atoms with Crippen molar-refractivity contribution < 1.29 is 56.4 Å². The third-order valence-electron chi connectivity index (χ3n) is 0.562. The van der Waals surface area contributed by atoms with Crippen LogP contribution in [-0.4, -0.2) is 76.0 Å². The van der Waals surface area contributed by atoms with Gasteiger partial charge in [-0.2, -0.15) is 0 Å². The Kier molecular flexibility index (Phi) is 284. The minimum atomic E-state index is -2.33. The Hall–Kier alpha value is -2.73. The molecule has 0 saturated heterocycles. The second-order valence-electron chi connectivity index (χ2n) is 3.03. The number of hydrogen-bond acceptors (Lipinski definition) is 5. The third-order valence-corrected chi connectivity index (χ3v) is 0.562. The number of carbonyl (C=O) groups excluding carboxylic acids is 2. The van der Waals surface area contributed by atoms with Gasteiger partial charge in [0.2, 0.25) is 6.41 Å². The molecule has 2 N–H and O–H groups in total. The number of hydrogen-bond donors (Lipinski definition) is 2. The van der Waals surface area contributed by atoms with E-state index in [1.807, 2.05) is 27.9 Å². The van der Waals surface area contributed by atoms with Gasteiger partial charge in [-0.15, -0.1) is 8.78 Å². The molecular formula is C16H35F4N3O8. The summed E-state index contributed by atoms with van der Waals surface area (Å²) in [4.78, 5) is 29.5. The molecule has 0 aliphatic carbocycles. The molecule has 0 aliphatic heterocycles. The number of carboxylic acid groups (broad SMARTS) is 1. The summed E-state index contributed by atoms with van der Waals surface area (Å²) in [6, 6.07) is 0. The van der Waals surface area contributed by atoms with E-state index in [0.29, 0.717) is 0 Å². The number of nitrogens with zero attached hydrogens (tertiary/aromatic N) is 2. The van der Waals surface area contributed by atoms with Crippen molar-refractivity contribution in [1.29, 1.82) is 0 Å². The van der Waals surface area contributed by atoms with Crippen LogP contribution < -0.4 is 5.32 Å². The first kappa shape index (κ1) is 70.5. The summed E-state index contributed by atoms with van der Waals surface area (Å²) in [5.74, 6) is 0. The zero-order valence-corrected chi connectivity index (χ0v) is 17.3. The minimum absolute atomic E-state index is 0. The predicted octanol–water partition coefficient (Wildman–Crippen LogP) is 3.77. The van der Waals surface area contributed by atoms with E-state index in [4.69, 9.17) is 32.9 Å². The normalized spacial score (nSPS) is 4.97. The van der Waals surface area contributed by atoms with Gasteiger partial charge in [0, 0.05) is 33.3 Å². The summed E-state index contributed by atoms with van der Waals surface area (Å²) >= 11 is 0. The maximum atomic E-state index is 11.1. The number of amides is 2. The SMILES string of the molecule is C.C.CC.CN(C)C(=O)F.CN(C)C=O.CNC.FOF.O=C(O)F.[C-]#[O+].[C-]#[O+].[C-]#[O+]. The maximum absolute atomic E-state index is 11.1. The van der Waals surface area contributed by atoms with Crippen molar-refractivity contribution >= 4 is 18.8 Å². The zero-order chi connectivity index (χ0) is 26.4. The van der Waals surface area contributed by atoms with Gasteiger partial charge in [0.25, 0.3) is 0 Å². The number of halogens is 4. The molecule has 11 nitrogen and oxygen atoms in total. The van der Waals surface area contributed by atoms with Crippen molar-refractivity contribution in [3.63, 3.8) is 0 Å². The molecule has 0 radical (unpaired) electrons. The van der Waals surface area contributed by atoms with E-state index in [1.165, 1.54) is 24.1 Å². The van der Waals surface area contributed by atoms with Gasteiger partial charge in [0.1, 0.15) is 0 Å². The standard InChI is InChI=1S/C3H6FNO.C3H7NO.C2H7N.C2H6.CHFO2.3CO.2CH4.F2O/c1-5(2)3(4)6;1-4(2)3-5;1-3-2;1-2;2-1(3)4;3*1-2;;;1-3-2/h1-2H3;3H,1-2H3;3H,1-2H3;1-2H3;(H,3,4);;;;2*1H4;. The fourth-order valence-electron chi connectivity index (χ4n) is 0. The molecule has 0 aromatic carbocycles. The van der Waals surface area contributed by atoms with E-state index in [-0.39, 0.29) is 14.9 Å². The summed E-state index contributed by atoms with van der Waals surface area (Å²) in [6.07, 6.45) is -2.99. The molecule has 31 heavy (non-hydrogen) atoms. The van der Waals surface area contributed by atoms with E-state index in [9.17, 15) is 18.4 Å². The van der Waals surface area contributed by atoms with Crippen molar-refractivity contribution in [3.8, 4) is 0 Å². The summed E-state index contributed by atoms with van der Waals surface area (Å²) in [7, 11) is 9.82. The van der Waals surface area contributed by atoms with Crippen LogP contribution in [0.5, 0.6) is 0 Å². The Morgan fingerprint density at radius 3 is 0.968 bits per heavy atom. The van der Waals surface area contributed by atoms with E-state index in [2.05, 4.69) is 25.3 Å². The van der Waals surface area contributed by atoms with Crippen molar-refractivity contribution in [2.45, 2.75) is 28.7 Å². The van der Waals surface area contributed by atoms with Crippen LogP contribution in [0.4, 0.5) is 27.4 Å². The Morgan fingerprint density at radius 2 is 0.968 bits per heavy atom. The van der Waals surface area contributed by atoms with Crippen LogP contribution in [0.25, 0.3) is 0 Å². The average Bonchev–Trinajstić information content (AvgIpc) is 2.69. The first-order valence-electron chi connectivity index (χ1n) is 6.44. The first-order valence-corrected chi connectivity index (χ1v) is 6.44. The summed E-state index contributed by atoms with van der Waals surface area (Å²) < 4.78 is 61.8. The molecule has 0 aromatic rings. The summed E-state index contributed by atoms with van der Waals surface area (Å²) in [5.41, 5.74) is 0. The predicted molar refractivity (Wildman–Crippen MR) is 104 cm³/mol. The molecule has 0 heterocycles. The molecule has 0 unspecified atom stereocenters. The van der Waals surface area contributed by atoms with Gasteiger partial charge >= 0.3 is 46.3 Å². The van der Waals surface area contributed by atoms with Crippen LogP contribution >= 0.6 is 0 Å². The molecule has 0 aliphatic rings. The average molecular weight is 473 g/mol. The van der Waals surface area contributed by atoms with Crippen molar-refractivity contribution in [1.82, 2.24) is 15.1 Å². The van der Waals surface area contributed by atoms with E-state index < -0.39 is 12.4 Å². The monoisotopic (exact) mass is 473 g/mol. The van der Waals surface area contributed by atoms with Crippen molar-refractivity contribution in [2.24, 2.45) is 0 Å². The van der Waals surface area contributed by atoms with Gasteiger partial charge in [-0.05, 0) is 23.1 Å². The van der Waals surface area contributed by atoms with Gasteiger partial charge in [-0.25, -0.2) is 9.59 Å². The van der Waals surface area contributed by atoms with Gasteiger partial charge in [-0.1, -0.05) is 28.7 Å². The molecule has 0 rings (SSSR count). The fraction of sp³-hybridized carbons (Fsp3) is 0.625. The summed E-state index contributed by atoms with van der Waals surface area (Å²) in [6.45, 7) is 17.5. The molecule has 0 fully saturated rings. The van der Waals surface area contributed by atoms with E-state index >= 15 is 0 Å². The molecule has 0 saturated carbocycles. The number of nitrogens with one attached hydrogen (secondary N) is 1. The number of rotatable bonds is 1. The van der Waals surface area contributed by atoms with Gasteiger partial charge in [0.15, 0.2) is 0 Å². The molecule has 2 amide bonds. The van der Waals surface area contributed by atoms with Crippen LogP contribution in [0.1, 0.15) is 28.7 Å². The topological polar surface area (TPSA) is 159 Å². The molecule has 15 heteroatoms. The van der Waals surface area contributed by atoms with Gasteiger partial charge < -0.3 is 20.2 Å². The second-order valence-corrected chi connectivity index (χ2v) is 3.03. The zero-order valence-electron chi connectivity index (χ0n) is 17.3. The third kappa shape index (κ3) is 1630. The van der Waals surface area contributed by atoms with Crippen LogP contribution in [0, 0.1) is 20.0 Å². The molecule has 0 bridgehead atoms. The van der Waals surface area contributed by atoms with Crippen molar-refractivity contribution in [2.75, 3.05) is 42.3 Å². The quantitative estimate of drug-likeness (QED) is 0.147. The Balaban J connectivity index is -0.0000000166. The van der Waals surface area contributed by atoms with Crippen LogP contribution in [0.15, 0.2) is 0 Å². The van der Waals surface area contributed by atoms with Crippen molar-refractivity contribution in [3.05, 3.63) is 20.0 Å². The van der Waals surface area contributed by atoms with Crippen LogP contribution in [0.3, 0.4) is 0 Å². The summed E-state index contributed by atoms with van der Waals surface area (Å²) in [5, 5.41) is 10.8. The van der Waals surface area contributed by atoms with Crippen LogP contribution in [0.2, 0.25) is 0 Å². The molecule has 0 spiro atoms. The molecule has 0 atom stereocenters. The molecular weight excluding hydrogens is 438 g/mol. The Labute approximate surface area is 182 Å². The molecule has 0 aromatic heterocycles. The van der Waals surface area contributed by atoms with Gasteiger partial charge in [0.05, 0.1) is 0 Å². The number of carbonyl (C=O) groups is 3. The van der Waals surface area contributed by atoms with E-state index in [1.54, 1.807) is 14.1 Å². The Morgan fingerprint density at radius 1 is 0.903 bits per heavy atom. The van der Waals surface area contributed by atoms with E-state index in [0.717, 1.165) is 11.3 Å². The van der Waals surface area contributed by atoms with Crippen LogP contribution in [-0.2, 0) is 23.9 Å². The first-order chi connectivity index (χ1) is 13.5.